The number of carbonyl (C=O) groups is 2. The molecule has 2 rings (SSSR count). The van der Waals surface area contributed by atoms with Crippen molar-refractivity contribution < 1.29 is 9.59 Å². The van der Waals surface area contributed by atoms with Crippen molar-refractivity contribution in [3.05, 3.63) is 35.9 Å². The molecule has 2 amide bonds. The van der Waals surface area contributed by atoms with E-state index < -0.39 is 0 Å². The van der Waals surface area contributed by atoms with Crippen molar-refractivity contribution in [3.63, 3.8) is 0 Å². The minimum Gasteiger partial charge on any atom is -0.326 e. The molecule has 110 valence electrons. The van der Waals surface area contributed by atoms with Crippen molar-refractivity contribution in [3.8, 4) is 0 Å². The van der Waals surface area contributed by atoms with Gasteiger partial charge in [-0.15, -0.1) is 5.10 Å². The molecule has 0 radical (unpaired) electrons. The van der Waals surface area contributed by atoms with Crippen LogP contribution >= 0.6 is 0 Å². The van der Waals surface area contributed by atoms with E-state index in [1.54, 1.807) is 31.2 Å². The lowest BCUT2D eigenvalue weighted by Gasteiger charge is -2.06. The Morgan fingerprint density at radius 2 is 1.71 bits per heavy atom. The van der Waals surface area contributed by atoms with E-state index in [1.165, 1.54) is 0 Å². The van der Waals surface area contributed by atoms with E-state index in [2.05, 4.69) is 25.8 Å². The zero-order chi connectivity index (χ0) is 15.2. The van der Waals surface area contributed by atoms with Gasteiger partial charge in [-0.1, -0.05) is 13.8 Å². The maximum atomic E-state index is 11.9. The van der Waals surface area contributed by atoms with Gasteiger partial charge in [0.2, 0.25) is 11.7 Å². The monoisotopic (exact) mass is 287 g/mol. The first-order valence-electron chi connectivity index (χ1n) is 6.75. The number of nitrogens with one attached hydrogen (secondary N) is 3. The first-order valence-corrected chi connectivity index (χ1v) is 6.75. The van der Waals surface area contributed by atoms with Crippen LogP contribution in [0.1, 0.15) is 36.7 Å². The number of aromatic nitrogens is 3. The van der Waals surface area contributed by atoms with Crippen molar-refractivity contribution in [2.24, 2.45) is 0 Å². The average Bonchev–Trinajstić information content (AvgIpc) is 2.98. The second-order valence-electron chi connectivity index (χ2n) is 4.39. The van der Waals surface area contributed by atoms with Crippen molar-refractivity contribution in [1.82, 2.24) is 15.2 Å². The van der Waals surface area contributed by atoms with Crippen LogP contribution in [0.3, 0.4) is 0 Å². The minimum absolute atomic E-state index is 0.0559. The third-order valence-corrected chi connectivity index (χ3v) is 2.82. The van der Waals surface area contributed by atoms with Gasteiger partial charge < -0.3 is 10.6 Å². The summed E-state index contributed by atoms with van der Waals surface area (Å²) >= 11 is 0. The molecule has 0 fully saturated rings. The lowest BCUT2D eigenvalue weighted by molar-refractivity contribution is -0.115. The SMILES string of the molecule is CCC(=O)Nc1ccc(NC(=O)c2n[nH]c(CC)n2)cc1. The molecule has 21 heavy (non-hydrogen) atoms. The zero-order valence-electron chi connectivity index (χ0n) is 11.9. The van der Waals surface area contributed by atoms with Gasteiger partial charge in [0.1, 0.15) is 5.82 Å². The van der Waals surface area contributed by atoms with E-state index in [1.807, 2.05) is 6.92 Å². The van der Waals surface area contributed by atoms with Gasteiger partial charge in [-0.25, -0.2) is 4.98 Å². The molecular formula is C14H17N5O2. The second kappa shape index (κ2) is 6.65. The highest BCUT2D eigenvalue weighted by Gasteiger charge is 2.12. The van der Waals surface area contributed by atoms with Crippen LogP contribution in [0.2, 0.25) is 0 Å². The van der Waals surface area contributed by atoms with Crippen LogP contribution in [-0.2, 0) is 11.2 Å². The zero-order valence-corrected chi connectivity index (χ0v) is 11.9. The third-order valence-electron chi connectivity index (χ3n) is 2.82. The molecule has 1 heterocycles. The summed E-state index contributed by atoms with van der Waals surface area (Å²) in [6.07, 6.45) is 1.11. The lowest BCUT2D eigenvalue weighted by atomic mass is 10.2. The molecule has 3 N–H and O–H groups in total. The Labute approximate surface area is 122 Å². The molecule has 1 aromatic carbocycles. The fourth-order valence-electron chi connectivity index (χ4n) is 1.63. The number of benzene rings is 1. The molecule has 7 heteroatoms. The summed E-state index contributed by atoms with van der Waals surface area (Å²) in [6.45, 7) is 3.71. The molecule has 0 atom stereocenters. The van der Waals surface area contributed by atoms with Crippen molar-refractivity contribution in [2.45, 2.75) is 26.7 Å². The maximum absolute atomic E-state index is 11.9. The molecule has 0 spiro atoms. The molecular weight excluding hydrogens is 270 g/mol. The van der Waals surface area contributed by atoms with E-state index in [0.717, 1.165) is 0 Å². The first kappa shape index (κ1) is 14.7. The topological polar surface area (TPSA) is 99.8 Å². The molecule has 1 aromatic heterocycles. The van der Waals surface area contributed by atoms with E-state index >= 15 is 0 Å². The van der Waals surface area contributed by atoms with E-state index in [9.17, 15) is 9.59 Å². The van der Waals surface area contributed by atoms with Crippen LogP contribution in [0, 0.1) is 0 Å². The summed E-state index contributed by atoms with van der Waals surface area (Å²) in [5.41, 5.74) is 1.29. The first-order chi connectivity index (χ1) is 10.1. The van der Waals surface area contributed by atoms with Crippen molar-refractivity contribution in [2.75, 3.05) is 10.6 Å². The summed E-state index contributed by atoms with van der Waals surface area (Å²) in [5, 5.41) is 12.0. The fraction of sp³-hybridized carbons (Fsp3) is 0.286. The van der Waals surface area contributed by atoms with E-state index in [0.29, 0.717) is 30.0 Å². The maximum Gasteiger partial charge on any atom is 0.295 e. The van der Waals surface area contributed by atoms with Gasteiger partial charge in [0.15, 0.2) is 0 Å². The molecule has 0 bridgehead atoms. The van der Waals surface area contributed by atoms with Crippen molar-refractivity contribution >= 4 is 23.2 Å². The molecule has 0 saturated heterocycles. The molecule has 0 aliphatic heterocycles. The van der Waals surface area contributed by atoms with E-state index in [4.69, 9.17) is 0 Å². The largest absolute Gasteiger partial charge is 0.326 e. The fourth-order valence-corrected chi connectivity index (χ4v) is 1.63. The summed E-state index contributed by atoms with van der Waals surface area (Å²) in [5.74, 6) is 0.337. The Morgan fingerprint density at radius 3 is 2.24 bits per heavy atom. The predicted molar refractivity (Wildman–Crippen MR) is 79.1 cm³/mol. The Morgan fingerprint density at radius 1 is 1.10 bits per heavy atom. The number of amides is 2. The van der Waals surface area contributed by atoms with Gasteiger partial charge in [0.05, 0.1) is 0 Å². The standard InChI is InChI=1S/C14H17N5O2/c1-3-11-17-13(19-18-11)14(21)16-10-7-5-9(6-8-10)15-12(20)4-2/h5-8H,3-4H2,1-2H3,(H,15,20)(H,16,21)(H,17,18,19). The molecule has 0 aliphatic rings. The Hall–Kier alpha value is -2.70. The van der Waals surface area contributed by atoms with Gasteiger partial charge in [-0.3, -0.25) is 14.7 Å². The number of anilines is 2. The van der Waals surface area contributed by atoms with Gasteiger partial charge in [0.25, 0.3) is 5.91 Å². The van der Waals surface area contributed by atoms with Crippen molar-refractivity contribution in [1.29, 1.82) is 0 Å². The van der Waals surface area contributed by atoms with Gasteiger partial charge in [0, 0.05) is 24.2 Å². The number of nitrogens with zero attached hydrogens (tertiary/aromatic N) is 2. The Balaban J connectivity index is 1.99. The summed E-state index contributed by atoms with van der Waals surface area (Å²) in [4.78, 5) is 27.2. The number of H-pyrrole nitrogens is 1. The Bertz CT molecular complexity index is 633. The average molecular weight is 287 g/mol. The van der Waals surface area contributed by atoms with Crippen LogP contribution in [0.4, 0.5) is 11.4 Å². The van der Waals surface area contributed by atoms with Crippen LogP contribution < -0.4 is 10.6 Å². The predicted octanol–water partition coefficient (Wildman–Crippen LogP) is 1.97. The third kappa shape index (κ3) is 3.88. The molecule has 2 aromatic rings. The quantitative estimate of drug-likeness (QED) is 0.782. The number of hydrogen-bond acceptors (Lipinski definition) is 4. The van der Waals surface area contributed by atoms with Gasteiger partial charge in [-0.05, 0) is 24.3 Å². The van der Waals surface area contributed by atoms with Crippen LogP contribution in [-0.4, -0.2) is 27.0 Å². The number of aryl methyl sites for hydroxylation is 1. The number of carbonyl (C=O) groups excluding carboxylic acids is 2. The van der Waals surface area contributed by atoms with Gasteiger partial charge in [-0.2, -0.15) is 0 Å². The van der Waals surface area contributed by atoms with E-state index in [-0.39, 0.29) is 17.6 Å². The molecule has 7 nitrogen and oxygen atoms in total. The highest BCUT2D eigenvalue weighted by atomic mass is 16.2. The molecule has 0 unspecified atom stereocenters. The normalized spacial score (nSPS) is 10.2. The molecule has 0 saturated carbocycles. The highest BCUT2D eigenvalue weighted by Crippen LogP contribution is 2.14. The summed E-state index contributed by atoms with van der Waals surface area (Å²) < 4.78 is 0. The Kier molecular flexibility index (Phi) is 4.65. The highest BCUT2D eigenvalue weighted by molar-refractivity contribution is 6.01. The van der Waals surface area contributed by atoms with Crippen LogP contribution in [0.5, 0.6) is 0 Å². The van der Waals surface area contributed by atoms with Crippen LogP contribution in [0.15, 0.2) is 24.3 Å². The lowest BCUT2D eigenvalue weighted by Crippen LogP contribution is -2.14. The number of hydrogen-bond donors (Lipinski definition) is 3. The smallest absolute Gasteiger partial charge is 0.295 e. The molecule has 0 aliphatic carbocycles. The number of rotatable bonds is 5. The van der Waals surface area contributed by atoms with Crippen LogP contribution in [0.25, 0.3) is 0 Å². The minimum atomic E-state index is -0.378. The summed E-state index contributed by atoms with van der Waals surface area (Å²) in [7, 11) is 0. The van der Waals surface area contributed by atoms with Gasteiger partial charge >= 0.3 is 0 Å². The second-order valence-corrected chi connectivity index (χ2v) is 4.39. The number of aromatic amines is 1. The summed E-state index contributed by atoms with van der Waals surface area (Å²) in [6, 6.07) is 6.85.